The molecule has 82 valence electrons. The highest BCUT2D eigenvalue weighted by Crippen LogP contribution is 1.92. The number of hydrogen-bond acceptors (Lipinski definition) is 2. The van der Waals surface area contributed by atoms with Gasteiger partial charge in [-0.05, 0) is 12.8 Å². The van der Waals surface area contributed by atoms with E-state index in [1.165, 1.54) is 0 Å². The van der Waals surface area contributed by atoms with Gasteiger partial charge in [0, 0.05) is 0 Å². The molecule has 0 aromatic rings. The van der Waals surface area contributed by atoms with E-state index in [1.807, 2.05) is 10.3 Å². The molecular weight excluding hydrogens is 184 g/mol. The van der Waals surface area contributed by atoms with Crippen molar-refractivity contribution in [3.8, 4) is 0 Å². The maximum absolute atomic E-state index is 10.5. The van der Waals surface area contributed by atoms with E-state index in [-0.39, 0.29) is 18.9 Å². The van der Waals surface area contributed by atoms with E-state index in [0.717, 1.165) is 0 Å². The van der Waals surface area contributed by atoms with Crippen molar-refractivity contribution in [2.75, 3.05) is 20.5 Å². The van der Waals surface area contributed by atoms with Crippen LogP contribution in [0.15, 0.2) is 0 Å². The van der Waals surface area contributed by atoms with Crippen molar-refractivity contribution in [1.82, 2.24) is 10.6 Å². The predicted octanol–water partition coefficient (Wildman–Crippen LogP) is -2.95. The molecule has 0 saturated heterocycles. The van der Waals surface area contributed by atoms with E-state index in [9.17, 15) is 4.79 Å². The van der Waals surface area contributed by atoms with Gasteiger partial charge in [-0.3, -0.25) is 20.4 Å². The van der Waals surface area contributed by atoms with E-state index in [1.54, 1.807) is 0 Å². The Morgan fingerprint density at radius 1 is 1.79 bits per heavy atom. The molecule has 0 saturated carbocycles. The molecule has 6 nitrogen and oxygen atoms in total. The fourth-order valence-electron chi connectivity index (χ4n) is 0.778. The highest BCUT2D eigenvalue weighted by Gasteiger charge is 2.10. The van der Waals surface area contributed by atoms with Gasteiger partial charge in [0.25, 0.3) is 0 Å². The van der Waals surface area contributed by atoms with Crippen LogP contribution in [0.25, 0.3) is 0 Å². The molecule has 6 N–H and O–H groups in total. The summed E-state index contributed by atoms with van der Waals surface area (Å²) in [5, 5.41) is 13.1. The minimum Gasteiger partial charge on any atom is -0.480 e. The maximum Gasteiger partial charge on any atom is 0.342 e. The summed E-state index contributed by atoms with van der Waals surface area (Å²) in [6.07, 6.45) is 0.513. The SMILES string of the molecule is [2H]C([2H])([2H])NC(NCCCC(N)C(=O)O)=[NH+]C([2H])([2H])[2H]. The monoisotopic (exact) mass is 209 g/mol. The van der Waals surface area contributed by atoms with Crippen molar-refractivity contribution in [1.29, 1.82) is 0 Å². The first-order chi connectivity index (χ1) is 8.91. The zero-order valence-electron chi connectivity index (χ0n) is 13.6. The van der Waals surface area contributed by atoms with Gasteiger partial charge in [0.05, 0.1) is 28.7 Å². The Morgan fingerprint density at radius 2 is 2.57 bits per heavy atom. The van der Waals surface area contributed by atoms with E-state index in [0.29, 0.717) is 6.42 Å². The van der Waals surface area contributed by atoms with Crippen LogP contribution in [0.2, 0.25) is 0 Å². The topological polar surface area (TPSA) is 101 Å². The van der Waals surface area contributed by atoms with Gasteiger partial charge in [-0.1, -0.05) is 0 Å². The number of aliphatic carboxylic acids is 1. The third-order valence-corrected chi connectivity index (χ3v) is 1.56. The second-order valence-corrected chi connectivity index (χ2v) is 2.64. The van der Waals surface area contributed by atoms with Crippen molar-refractivity contribution >= 4 is 11.9 Å². The van der Waals surface area contributed by atoms with Crippen LogP contribution in [0.4, 0.5) is 0 Å². The molecule has 0 heterocycles. The van der Waals surface area contributed by atoms with Crippen LogP contribution in [0.1, 0.15) is 21.1 Å². The number of carbonyl (C=O) groups is 1. The minimum atomic E-state index is -2.56. The molecule has 0 amide bonds. The summed E-state index contributed by atoms with van der Waals surface area (Å²) in [4.78, 5) is 12.5. The molecule has 0 bridgehead atoms. The van der Waals surface area contributed by atoms with E-state index >= 15 is 0 Å². The average molecular weight is 209 g/mol. The molecule has 0 aromatic carbocycles. The van der Waals surface area contributed by atoms with Crippen LogP contribution in [0.5, 0.6) is 0 Å². The molecule has 1 atom stereocenters. The first kappa shape index (κ1) is 5.55. The van der Waals surface area contributed by atoms with Crippen LogP contribution >= 0.6 is 0 Å². The van der Waals surface area contributed by atoms with Crippen LogP contribution in [-0.2, 0) is 4.79 Å². The van der Waals surface area contributed by atoms with E-state index in [2.05, 4.69) is 5.32 Å². The number of carboxylic acid groups (broad SMARTS) is 1. The van der Waals surface area contributed by atoms with Gasteiger partial charge in [-0.25, -0.2) is 0 Å². The van der Waals surface area contributed by atoms with E-state index < -0.39 is 26.0 Å². The number of nitrogens with two attached hydrogens (primary N) is 1. The summed E-state index contributed by atoms with van der Waals surface area (Å²) in [6.45, 7) is -4.95. The molecule has 0 aliphatic rings. The second-order valence-electron chi connectivity index (χ2n) is 2.64. The summed E-state index contributed by atoms with van der Waals surface area (Å²) in [5.41, 5.74) is 5.29. The van der Waals surface area contributed by atoms with Crippen molar-refractivity contribution in [2.45, 2.75) is 18.9 Å². The third kappa shape index (κ3) is 5.36. The van der Waals surface area contributed by atoms with Crippen LogP contribution < -0.4 is 21.4 Å². The molecule has 1 unspecified atom stereocenters. The number of hydrogen-bond donors (Lipinski definition) is 5. The minimum absolute atomic E-state index is 0.169. The zero-order valence-corrected chi connectivity index (χ0v) is 7.63. The smallest absolute Gasteiger partial charge is 0.342 e. The summed E-state index contributed by atoms with van der Waals surface area (Å²) >= 11 is 0. The zero-order chi connectivity index (χ0) is 16.0. The van der Waals surface area contributed by atoms with Crippen molar-refractivity contribution in [3.05, 3.63) is 0 Å². The third-order valence-electron chi connectivity index (χ3n) is 1.56. The summed E-state index contributed by atoms with van der Waals surface area (Å²) in [6, 6.07) is -1.01. The lowest BCUT2D eigenvalue weighted by Crippen LogP contribution is -2.75. The lowest BCUT2D eigenvalue weighted by Gasteiger charge is -2.05. The van der Waals surface area contributed by atoms with Gasteiger partial charge < -0.3 is 10.8 Å². The second kappa shape index (κ2) is 7.14. The maximum atomic E-state index is 10.5. The highest BCUT2D eigenvalue weighted by molar-refractivity contribution is 5.73. The predicted molar refractivity (Wildman–Crippen MR) is 53.8 cm³/mol. The van der Waals surface area contributed by atoms with Crippen LogP contribution in [-0.4, -0.2) is 43.6 Å². The first-order valence-electron chi connectivity index (χ1n) is 7.06. The molecule has 0 aliphatic heterocycles. The number of nitrogens with one attached hydrogen (secondary N) is 3. The van der Waals surface area contributed by atoms with Crippen molar-refractivity contribution in [3.63, 3.8) is 0 Å². The molecule has 14 heavy (non-hydrogen) atoms. The van der Waals surface area contributed by atoms with Gasteiger partial charge in [0.1, 0.15) is 6.04 Å². The lowest BCUT2D eigenvalue weighted by atomic mass is 10.2. The molecule has 0 rings (SSSR count). The Morgan fingerprint density at radius 3 is 3.14 bits per heavy atom. The van der Waals surface area contributed by atoms with Gasteiger partial charge in [0.15, 0.2) is 0 Å². The highest BCUT2D eigenvalue weighted by atomic mass is 16.4. The summed E-state index contributed by atoms with van der Waals surface area (Å²) in [5.74, 6) is -1.40. The van der Waals surface area contributed by atoms with Gasteiger partial charge in [-0.15, -0.1) is 0 Å². The number of carboxylic acids is 1. The van der Waals surface area contributed by atoms with Gasteiger partial charge in [-0.2, -0.15) is 0 Å². The summed E-state index contributed by atoms with van der Waals surface area (Å²) in [7, 11) is 0. The molecular formula is C8H19N4O2+. The molecule has 0 spiro atoms. The van der Waals surface area contributed by atoms with E-state index in [4.69, 9.17) is 19.1 Å². The van der Waals surface area contributed by atoms with Gasteiger partial charge in [0.2, 0.25) is 0 Å². The number of guanidine groups is 1. The Bertz CT molecular complexity index is 354. The normalized spacial score (nSPS) is 21.6. The molecule has 0 fully saturated rings. The standard InChI is InChI=1S/C8H18N4O2/c1-10-8(11-2)12-5-3-4-6(9)7(13)14/h6H,3-5,9H2,1-2H3,(H,13,14)(H2,10,11,12)/p+1/i1D3,2D3. The number of rotatable bonds is 5. The average Bonchev–Trinajstić information content (AvgIpc) is 2.18. The van der Waals surface area contributed by atoms with Gasteiger partial charge >= 0.3 is 11.9 Å². The molecule has 0 radical (unpaired) electrons. The Balaban J connectivity index is 4.39. The fourth-order valence-corrected chi connectivity index (χ4v) is 0.778. The Kier molecular flexibility index (Phi) is 2.83. The van der Waals surface area contributed by atoms with Crippen molar-refractivity contribution in [2.24, 2.45) is 5.73 Å². The Labute approximate surface area is 92.0 Å². The largest absolute Gasteiger partial charge is 0.480 e. The molecule has 0 aromatic heterocycles. The van der Waals surface area contributed by atoms with Crippen molar-refractivity contribution < 1.29 is 23.1 Å². The summed E-state index contributed by atoms with van der Waals surface area (Å²) < 4.78 is 42.1. The quantitative estimate of drug-likeness (QED) is 0.189. The van der Waals surface area contributed by atoms with Crippen LogP contribution in [0, 0.1) is 0 Å². The van der Waals surface area contributed by atoms with Crippen LogP contribution in [0.3, 0.4) is 0 Å². The lowest BCUT2D eigenvalue weighted by molar-refractivity contribution is -0.424. The molecule has 0 aliphatic carbocycles. The first-order valence-corrected chi connectivity index (χ1v) is 4.06. The molecule has 6 heteroatoms. The Hall–Kier alpha value is -1.30. The fraction of sp³-hybridized carbons (Fsp3) is 0.750.